The van der Waals surface area contributed by atoms with Crippen LogP contribution in [0.3, 0.4) is 0 Å². The Morgan fingerprint density at radius 3 is 3.05 bits per heavy atom. The van der Waals surface area contributed by atoms with E-state index in [1.54, 1.807) is 0 Å². The molecule has 1 fully saturated rings. The molecule has 2 heterocycles. The summed E-state index contributed by atoms with van der Waals surface area (Å²) in [6.45, 7) is 0.573. The molecule has 0 bridgehead atoms. The van der Waals surface area contributed by atoms with Gasteiger partial charge in [0, 0.05) is 24.5 Å². The predicted molar refractivity (Wildman–Crippen MR) is 78.9 cm³/mol. The molecule has 1 saturated carbocycles. The van der Waals surface area contributed by atoms with Crippen molar-refractivity contribution in [2.45, 2.75) is 36.6 Å². The minimum Gasteiger partial charge on any atom is -0.394 e. The smallest absolute Gasteiger partial charge is 0.138 e. The largest absolute Gasteiger partial charge is 0.394 e. The van der Waals surface area contributed by atoms with Gasteiger partial charge in [-0.15, -0.1) is 11.8 Å². The monoisotopic (exact) mass is 293 g/mol. The van der Waals surface area contributed by atoms with E-state index in [0.717, 1.165) is 22.9 Å². The van der Waals surface area contributed by atoms with Crippen molar-refractivity contribution < 1.29 is 10.2 Å². The van der Waals surface area contributed by atoms with Crippen LogP contribution in [0.4, 0.5) is 0 Å². The van der Waals surface area contributed by atoms with Gasteiger partial charge < -0.3 is 19.9 Å². The van der Waals surface area contributed by atoms with E-state index in [4.69, 9.17) is 5.11 Å². The van der Waals surface area contributed by atoms with Gasteiger partial charge in [-0.3, -0.25) is 0 Å². The fraction of sp³-hybridized carbons (Fsp3) is 0.500. The van der Waals surface area contributed by atoms with Crippen LogP contribution in [-0.4, -0.2) is 44.1 Å². The molecule has 1 aliphatic carbocycles. The van der Waals surface area contributed by atoms with Crippen molar-refractivity contribution in [3.8, 4) is 0 Å². The maximum absolute atomic E-state index is 9.49. The van der Waals surface area contributed by atoms with Crippen molar-refractivity contribution in [2.75, 3.05) is 12.4 Å². The molecular formula is C14H19N3O2S. The van der Waals surface area contributed by atoms with Gasteiger partial charge in [0.05, 0.1) is 18.4 Å². The number of thioether (sulfide) groups is 1. The van der Waals surface area contributed by atoms with Crippen LogP contribution in [0.1, 0.15) is 18.5 Å². The first-order valence-corrected chi connectivity index (χ1v) is 7.87. The van der Waals surface area contributed by atoms with E-state index in [1.165, 1.54) is 24.6 Å². The summed E-state index contributed by atoms with van der Waals surface area (Å²) >= 11 is 1.50. The van der Waals surface area contributed by atoms with Gasteiger partial charge in [0.25, 0.3) is 0 Å². The summed E-state index contributed by atoms with van der Waals surface area (Å²) in [5, 5.41) is 22.8. The van der Waals surface area contributed by atoms with Crippen molar-refractivity contribution in [3.05, 3.63) is 30.1 Å². The van der Waals surface area contributed by atoms with Gasteiger partial charge in [-0.1, -0.05) is 6.07 Å². The molecule has 20 heavy (non-hydrogen) atoms. The third kappa shape index (κ3) is 3.15. The highest BCUT2D eigenvalue weighted by Gasteiger charge is 2.22. The van der Waals surface area contributed by atoms with E-state index in [2.05, 4.69) is 14.7 Å². The number of nitrogens with zero attached hydrogens (tertiary/aromatic N) is 2. The summed E-state index contributed by atoms with van der Waals surface area (Å²) in [6.07, 6.45) is 3.82. The maximum atomic E-state index is 9.49. The highest BCUT2D eigenvalue weighted by molar-refractivity contribution is 7.99. The zero-order chi connectivity index (χ0) is 13.9. The van der Waals surface area contributed by atoms with Crippen molar-refractivity contribution in [2.24, 2.45) is 0 Å². The SMILES string of the molecule is OCC(O)CSc1nc2ccccn2c1CNC1CC1. The number of aromatic nitrogens is 2. The number of fused-ring (bicyclic) bond motifs is 1. The Kier molecular flexibility index (Phi) is 4.26. The quantitative estimate of drug-likeness (QED) is 0.665. The Morgan fingerprint density at radius 2 is 2.30 bits per heavy atom. The Balaban J connectivity index is 1.81. The standard InChI is InChI=1S/C14H19N3O2S/c18-8-11(19)9-20-14-12(7-15-10-4-5-10)17-6-2-1-3-13(17)16-14/h1-3,6,10-11,15,18-19H,4-5,7-9H2. The van der Waals surface area contributed by atoms with Crippen LogP contribution in [0.2, 0.25) is 0 Å². The Bertz CT molecular complexity index is 583. The van der Waals surface area contributed by atoms with E-state index >= 15 is 0 Å². The van der Waals surface area contributed by atoms with Gasteiger partial charge in [0.1, 0.15) is 10.7 Å². The molecule has 0 aliphatic heterocycles. The highest BCUT2D eigenvalue weighted by atomic mass is 32.2. The second-order valence-electron chi connectivity index (χ2n) is 5.10. The summed E-state index contributed by atoms with van der Waals surface area (Å²) in [4.78, 5) is 4.61. The molecule has 108 valence electrons. The fourth-order valence-corrected chi connectivity index (χ4v) is 3.01. The van der Waals surface area contributed by atoms with Gasteiger partial charge in [0.15, 0.2) is 0 Å². The lowest BCUT2D eigenvalue weighted by molar-refractivity contribution is 0.113. The summed E-state index contributed by atoms with van der Waals surface area (Å²) in [6, 6.07) is 6.59. The molecule has 6 heteroatoms. The molecule has 0 saturated heterocycles. The molecular weight excluding hydrogens is 274 g/mol. The molecule has 3 rings (SSSR count). The van der Waals surface area contributed by atoms with Crippen molar-refractivity contribution in [3.63, 3.8) is 0 Å². The summed E-state index contributed by atoms with van der Waals surface area (Å²) in [5.74, 6) is 0.455. The first kappa shape index (κ1) is 13.9. The molecule has 2 aromatic heterocycles. The number of imidazole rings is 1. The van der Waals surface area contributed by atoms with Crippen LogP contribution < -0.4 is 5.32 Å². The van der Waals surface area contributed by atoms with Gasteiger partial charge in [-0.25, -0.2) is 4.98 Å². The number of aliphatic hydroxyl groups excluding tert-OH is 2. The Morgan fingerprint density at radius 1 is 1.45 bits per heavy atom. The lowest BCUT2D eigenvalue weighted by Crippen LogP contribution is -2.18. The normalized spacial score (nSPS) is 16.7. The van der Waals surface area contributed by atoms with E-state index in [0.29, 0.717) is 11.8 Å². The lowest BCUT2D eigenvalue weighted by Gasteiger charge is -2.08. The molecule has 0 aromatic carbocycles. The number of pyridine rings is 1. The average Bonchev–Trinajstić information content (AvgIpc) is 3.23. The molecule has 1 aliphatic rings. The number of hydrogen-bond donors (Lipinski definition) is 3. The van der Waals surface area contributed by atoms with E-state index in [1.807, 2.05) is 24.4 Å². The van der Waals surface area contributed by atoms with Crippen molar-refractivity contribution in [1.82, 2.24) is 14.7 Å². The first-order chi connectivity index (χ1) is 9.78. The number of nitrogens with one attached hydrogen (secondary N) is 1. The second kappa shape index (κ2) is 6.13. The van der Waals surface area contributed by atoms with Crippen molar-refractivity contribution >= 4 is 17.4 Å². The Labute approximate surface area is 122 Å². The van der Waals surface area contributed by atoms with Gasteiger partial charge >= 0.3 is 0 Å². The van der Waals surface area contributed by atoms with E-state index in [-0.39, 0.29) is 6.61 Å². The number of hydrogen-bond acceptors (Lipinski definition) is 5. The molecule has 5 nitrogen and oxygen atoms in total. The van der Waals surface area contributed by atoms with Crippen LogP contribution in [0.25, 0.3) is 5.65 Å². The molecule has 1 atom stereocenters. The lowest BCUT2D eigenvalue weighted by atomic mass is 10.4. The van der Waals surface area contributed by atoms with Gasteiger partial charge in [0.2, 0.25) is 0 Å². The van der Waals surface area contributed by atoms with Crippen LogP contribution >= 0.6 is 11.8 Å². The molecule has 0 radical (unpaired) electrons. The molecule has 0 amide bonds. The zero-order valence-electron chi connectivity index (χ0n) is 11.2. The van der Waals surface area contributed by atoms with Gasteiger partial charge in [-0.2, -0.15) is 0 Å². The number of aliphatic hydroxyl groups is 2. The highest BCUT2D eigenvalue weighted by Crippen LogP contribution is 2.26. The molecule has 2 aromatic rings. The zero-order valence-corrected chi connectivity index (χ0v) is 12.0. The fourth-order valence-electron chi connectivity index (χ4n) is 2.06. The van der Waals surface area contributed by atoms with Crippen LogP contribution in [-0.2, 0) is 6.54 Å². The second-order valence-corrected chi connectivity index (χ2v) is 6.10. The summed E-state index contributed by atoms with van der Waals surface area (Å²) < 4.78 is 2.09. The van der Waals surface area contributed by atoms with E-state index in [9.17, 15) is 5.11 Å². The third-order valence-corrected chi connectivity index (χ3v) is 4.50. The van der Waals surface area contributed by atoms with Crippen LogP contribution in [0.5, 0.6) is 0 Å². The third-order valence-electron chi connectivity index (χ3n) is 3.35. The predicted octanol–water partition coefficient (Wildman–Crippen LogP) is 1.03. The van der Waals surface area contributed by atoms with Crippen molar-refractivity contribution in [1.29, 1.82) is 0 Å². The van der Waals surface area contributed by atoms with E-state index < -0.39 is 6.10 Å². The van der Waals surface area contributed by atoms with Crippen LogP contribution in [0, 0.1) is 0 Å². The number of rotatable bonds is 7. The summed E-state index contributed by atoms with van der Waals surface area (Å²) in [5.41, 5.74) is 2.05. The minimum atomic E-state index is -0.700. The van der Waals surface area contributed by atoms with Gasteiger partial charge in [-0.05, 0) is 25.0 Å². The topological polar surface area (TPSA) is 69.8 Å². The average molecular weight is 293 g/mol. The summed E-state index contributed by atoms with van der Waals surface area (Å²) in [7, 11) is 0. The Hall–Kier alpha value is -1.08. The maximum Gasteiger partial charge on any atom is 0.138 e. The minimum absolute atomic E-state index is 0.212. The molecule has 0 spiro atoms. The molecule has 1 unspecified atom stereocenters. The molecule has 3 N–H and O–H groups in total. The first-order valence-electron chi connectivity index (χ1n) is 6.89. The van der Waals surface area contributed by atoms with Crippen LogP contribution in [0.15, 0.2) is 29.4 Å².